The minimum absolute atomic E-state index is 0.0710. The fourth-order valence-electron chi connectivity index (χ4n) is 5.44. The number of nitrogens with zero attached hydrogens (tertiary/aromatic N) is 3. The first-order valence-corrected chi connectivity index (χ1v) is 12.4. The molecule has 9 heteroatoms. The number of halogens is 1. The Balaban J connectivity index is 1.64. The summed E-state index contributed by atoms with van der Waals surface area (Å²) in [5.74, 6) is -1.50. The summed E-state index contributed by atoms with van der Waals surface area (Å²) in [6.07, 6.45) is 6.77. The zero-order valence-corrected chi connectivity index (χ0v) is 20.5. The number of aromatic nitrogens is 2. The predicted octanol–water partition coefficient (Wildman–Crippen LogP) is 4.00. The topological polar surface area (TPSA) is 96.3 Å². The Labute approximate surface area is 208 Å². The molecule has 3 aromatic rings. The van der Waals surface area contributed by atoms with Gasteiger partial charge in [-0.1, -0.05) is 25.3 Å². The van der Waals surface area contributed by atoms with Gasteiger partial charge in [0.2, 0.25) is 11.8 Å². The van der Waals surface area contributed by atoms with E-state index in [1.54, 1.807) is 35.9 Å². The first-order valence-electron chi connectivity index (χ1n) is 12.4. The number of pyridine rings is 1. The summed E-state index contributed by atoms with van der Waals surface area (Å²) in [5.41, 5.74) is 0.469. The molecule has 1 atom stereocenters. The fraction of sp³-hybridized carbons (Fsp3) is 0.407. The number of carbonyl (C=O) groups excluding carboxylic acids is 3. The van der Waals surface area contributed by atoms with E-state index in [4.69, 9.17) is 0 Å². The Kier molecular flexibility index (Phi) is 6.24. The maximum absolute atomic E-state index is 14.2. The first-order chi connectivity index (χ1) is 17.3. The number of fused-ring (bicyclic) bond motifs is 3. The quantitative estimate of drug-likeness (QED) is 0.564. The number of rotatable bonds is 5. The monoisotopic (exact) mass is 491 g/mol. The van der Waals surface area contributed by atoms with Crippen molar-refractivity contribution in [1.82, 2.24) is 19.8 Å². The number of benzene rings is 1. The normalized spacial score (nSPS) is 20.3. The first kappa shape index (κ1) is 24.0. The van der Waals surface area contributed by atoms with Crippen LogP contribution in [-0.4, -0.2) is 43.8 Å². The molecule has 0 unspecified atom stereocenters. The van der Waals surface area contributed by atoms with E-state index in [0.717, 1.165) is 32.1 Å². The summed E-state index contributed by atoms with van der Waals surface area (Å²) in [4.78, 5) is 45.9. The van der Waals surface area contributed by atoms with Gasteiger partial charge in [0, 0.05) is 24.5 Å². The molecule has 1 saturated carbocycles. The molecule has 3 amide bonds. The predicted molar refractivity (Wildman–Crippen MR) is 134 cm³/mol. The average molecular weight is 492 g/mol. The van der Waals surface area contributed by atoms with Crippen molar-refractivity contribution < 1.29 is 18.8 Å². The summed E-state index contributed by atoms with van der Waals surface area (Å²) in [5, 5.41) is 6.35. The molecule has 2 aliphatic rings. The number of carbonyl (C=O) groups is 3. The third-order valence-electron chi connectivity index (χ3n) is 7.31. The van der Waals surface area contributed by atoms with E-state index >= 15 is 0 Å². The van der Waals surface area contributed by atoms with Crippen molar-refractivity contribution in [3.63, 3.8) is 0 Å². The van der Waals surface area contributed by atoms with Crippen molar-refractivity contribution in [2.24, 2.45) is 0 Å². The lowest BCUT2D eigenvalue weighted by atomic mass is 9.91. The number of nitrogens with one attached hydrogen (secondary N) is 2. The lowest BCUT2D eigenvalue weighted by Gasteiger charge is -2.45. The standard InChI is InChI=1S/C27H30FN5O3/c1-17(34)30-23-21-14-18(28)11-12-22(21)32-16-27(2,26(36)31-19-8-4-3-5-9-19)33(25(35)24(23)32)15-20-10-6-7-13-29-20/h6-7,10-14,19H,3-5,8-9,15-16H2,1-2H3,(H,30,34)(H,31,36)/t27-/m1/s1. The average Bonchev–Trinajstić information content (AvgIpc) is 3.14. The van der Waals surface area contributed by atoms with Gasteiger partial charge in [0.05, 0.1) is 30.0 Å². The molecule has 8 nitrogen and oxygen atoms in total. The van der Waals surface area contributed by atoms with E-state index in [9.17, 15) is 18.8 Å². The van der Waals surface area contributed by atoms with E-state index < -0.39 is 17.3 Å². The van der Waals surface area contributed by atoms with Gasteiger partial charge in [0.1, 0.15) is 17.1 Å². The van der Waals surface area contributed by atoms with E-state index in [1.165, 1.54) is 24.0 Å². The molecule has 1 aliphatic heterocycles. The van der Waals surface area contributed by atoms with Gasteiger partial charge in [-0.25, -0.2) is 4.39 Å². The van der Waals surface area contributed by atoms with Crippen LogP contribution >= 0.6 is 0 Å². The number of anilines is 1. The van der Waals surface area contributed by atoms with Crippen molar-refractivity contribution in [1.29, 1.82) is 0 Å². The molecule has 1 aromatic carbocycles. The van der Waals surface area contributed by atoms with Crippen LogP contribution in [0.2, 0.25) is 0 Å². The molecule has 1 fully saturated rings. The van der Waals surface area contributed by atoms with E-state index in [-0.39, 0.29) is 42.3 Å². The molecule has 1 aliphatic carbocycles. The maximum atomic E-state index is 14.2. The number of hydrogen-bond donors (Lipinski definition) is 2. The van der Waals surface area contributed by atoms with Crippen LogP contribution in [-0.2, 0) is 22.7 Å². The Morgan fingerprint density at radius 2 is 1.94 bits per heavy atom. The summed E-state index contributed by atoms with van der Waals surface area (Å²) in [7, 11) is 0. The smallest absolute Gasteiger partial charge is 0.274 e. The molecule has 0 saturated heterocycles. The van der Waals surface area contributed by atoms with Crippen LogP contribution < -0.4 is 10.6 Å². The summed E-state index contributed by atoms with van der Waals surface area (Å²) in [6, 6.07) is 9.71. The minimum atomic E-state index is -1.23. The highest BCUT2D eigenvalue weighted by Gasteiger charge is 2.49. The molecule has 188 valence electrons. The van der Waals surface area contributed by atoms with Crippen molar-refractivity contribution in [2.75, 3.05) is 5.32 Å². The van der Waals surface area contributed by atoms with Crippen LogP contribution in [0.4, 0.5) is 10.1 Å². The Bertz CT molecular complexity index is 1330. The zero-order valence-electron chi connectivity index (χ0n) is 20.5. The van der Waals surface area contributed by atoms with Gasteiger partial charge in [-0.2, -0.15) is 0 Å². The molecule has 3 heterocycles. The van der Waals surface area contributed by atoms with Crippen molar-refractivity contribution >= 4 is 34.3 Å². The Morgan fingerprint density at radius 1 is 1.17 bits per heavy atom. The van der Waals surface area contributed by atoms with Crippen LogP contribution in [0.3, 0.4) is 0 Å². The van der Waals surface area contributed by atoms with Gasteiger partial charge in [0.15, 0.2) is 0 Å². The third kappa shape index (κ3) is 4.23. The Hall–Kier alpha value is -3.75. The van der Waals surface area contributed by atoms with E-state index in [1.807, 2.05) is 6.07 Å². The maximum Gasteiger partial charge on any atom is 0.274 e. The highest BCUT2D eigenvalue weighted by Crippen LogP contribution is 2.39. The molecule has 0 radical (unpaired) electrons. The molecule has 0 spiro atoms. The second kappa shape index (κ2) is 9.37. The Morgan fingerprint density at radius 3 is 2.64 bits per heavy atom. The SMILES string of the molecule is CC(=O)Nc1c2n(c3ccc(F)cc13)C[C@](C)(C(=O)NC1CCCCC1)N(Cc1ccccn1)C2=O. The molecule has 2 aromatic heterocycles. The second-order valence-corrected chi connectivity index (χ2v) is 9.95. The molecule has 0 bridgehead atoms. The lowest BCUT2D eigenvalue weighted by molar-refractivity contribution is -0.134. The van der Waals surface area contributed by atoms with Gasteiger partial charge in [-0.3, -0.25) is 19.4 Å². The fourth-order valence-corrected chi connectivity index (χ4v) is 5.44. The van der Waals surface area contributed by atoms with E-state index in [2.05, 4.69) is 15.6 Å². The minimum Gasteiger partial charge on any atom is -0.351 e. The second-order valence-electron chi connectivity index (χ2n) is 9.95. The molecule has 36 heavy (non-hydrogen) atoms. The van der Waals surface area contributed by atoms with Crippen LogP contribution in [0, 0.1) is 5.82 Å². The van der Waals surface area contributed by atoms with Crippen molar-refractivity contribution in [3.05, 3.63) is 59.8 Å². The lowest BCUT2D eigenvalue weighted by Crippen LogP contribution is -2.64. The number of hydrogen-bond acceptors (Lipinski definition) is 4. The highest BCUT2D eigenvalue weighted by atomic mass is 19.1. The van der Waals surface area contributed by atoms with Crippen LogP contribution in [0.25, 0.3) is 10.9 Å². The third-order valence-corrected chi connectivity index (χ3v) is 7.31. The van der Waals surface area contributed by atoms with Crippen LogP contribution in [0.5, 0.6) is 0 Å². The van der Waals surface area contributed by atoms with Crippen LogP contribution in [0.15, 0.2) is 42.6 Å². The largest absolute Gasteiger partial charge is 0.351 e. The van der Waals surface area contributed by atoms with E-state index in [0.29, 0.717) is 16.6 Å². The molecule has 5 rings (SSSR count). The van der Waals surface area contributed by atoms with Gasteiger partial charge in [-0.15, -0.1) is 0 Å². The highest BCUT2D eigenvalue weighted by molar-refractivity contribution is 6.14. The summed E-state index contributed by atoms with van der Waals surface area (Å²) >= 11 is 0. The van der Waals surface area contributed by atoms with Gasteiger partial charge in [0.25, 0.3) is 5.91 Å². The molecular weight excluding hydrogens is 461 g/mol. The zero-order chi connectivity index (χ0) is 25.4. The van der Waals surface area contributed by atoms with Gasteiger partial charge in [-0.05, 0) is 50.1 Å². The van der Waals surface area contributed by atoms with Gasteiger partial charge < -0.3 is 20.1 Å². The summed E-state index contributed by atoms with van der Waals surface area (Å²) in [6.45, 7) is 3.38. The van der Waals surface area contributed by atoms with Crippen LogP contribution in [0.1, 0.15) is 62.1 Å². The molecular formula is C27H30FN5O3. The molecule has 2 N–H and O–H groups in total. The van der Waals surface area contributed by atoms with Crippen molar-refractivity contribution in [2.45, 2.75) is 70.6 Å². The summed E-state index contributed by atoms with van der Waals surface area (Å²) < 4.78 is 16.0. The van der Waals surface area contributed by atoms with Crippen molar-refractivity contribution in [3.8, 4) is 0 Å². The van der Waals surface area contributed by atoms with Gasteiger partial charge >= 0.3 is 0 Å². The number of amides is 3.